The Morgan fingerprint density at radius 2 is 1.88 bits per heavy atom. The van der Waals surface area contributed by atoms with Gasteiger partial charge in [-0.25, -0.2) is 9.37 Å². The summed E-state index contributed by atoms with van der Waals surface area (Å²) in [5.74, 6) is 1.03. The van der Waals surface area contributed by atoms with E-state index >= 15 is 0 Å². The lowest BCUT2D eigenvalue weighted by molar-refractivity contribution is 0.102. The van der Waals surface area contributed by atoms with Crippen molar-refractivity contribution in [1.82, 2.24) is 19.7 Å². The van der Waals surface area contributed by atoms with Crippen LogP contribution in [0.1, 0.15) is 15.5 Å². The second-order valence-electron chi connectivity index (χ2n) is 6.83. The maximum atomic E-state index is 13.1. The largest absolute Gasteiger partial charge is 0.461 e. The summed E-state index contributed by atoms with van der Waals surface area (Å²) < 4.78 is 20.5. The third kappa shape index (κ3) is 4.71. The van der Waals surface area contributed by atoms with E-state index in [1.54, 1.807) is 17.7 Å². The van der Waals surface area contributed by atoms with E-state index in [2.05, 4.69) is 20.5 Å². The fourth-order valence-corrected chi connectivity index (χ4v) is 4.82. The number of nitrogens with one attached hydrogen (secondary N) is 1. The molecule has 0 spiro atoms. The lowest BCUT2D eigenvalue weighted by Gasteiger charge is -2.08. The quantitative estimate of drug-likeness (QED) is 0.304. The summed E-state index contributed by atoms with van der Waals surface area (Å²) in [6.45, 7) is 0. The van der Waals surface area contributed by atoms with E-state index in [0.29, 0.717) is 33.9 Å². The molecule has 0 radical (unpaired) electrons. The number of carbonyl (C=O) groups excluding carboxylic acids is 1. The maximum Gasteiger partial charge on any atom is 0.275 e. The van der Waals surface area contributed by atoms with E-state index < -0.39 is 0 Å². The summed E-state index contributed by atoms with van der Waals surface area (Å²) in [4.78, 5) is 16.9. The number of thiazole rings is 1. The van der Waals surface area contributed by atoms with Gasteiger partial charge in [0.1, 0.15) is 16.5 Å². The highest BCUT2D eigenvalue weighted by atomic mass is 32.2. The molecule has 0 atom stereocenters. The fourth-order valence-electron chi connectivity index (χ4n) is 3.07. The number of nitrogens with zero attached hydrogens (tertiary/aromatic N) is 4. The van der Waals surface area contributed by atoms with Crippen molar-refractivity contribution in [1.29, 1.82) is 0 Å². The molecule has 0 bridgehead atoms. The molecular formula is C23H16FN5O2S2. The number of rotatable bonds is 7. The van der Waals surface area contributed by atoms with Gasteiger partial charge in [0, 0.05) is 16.8 Å². The minimum Gasteiger partial charge on any atom is -0.461 e. The second-order valence-corrected chi connectivity index (χ2v) is 8.72. The maximum absolute atomic E-state index is 13.1. The predicted octanol–water partition coefficient (Wildman–Crippen LogP) is 5.67. The van der Waals surface area contributed by atoms with E-state index in [0.717, 1.165) is 10.7 Å². The van der Waals surface area contributed by atoms with E-state index in [1.165, 1.54) is 47.4 Å². The van der Waals surface area contributed by atoms with Crippen molar-refractivity contribution in [2.75, 3.05) is 5.32 Å². The molecule has 0 saturated carbocycles. The Balaban J connectivity index is 1.33. The van der Waals surface area contributed by atoms with Gasteiger partial charge in [-0.2, -0.15) is 0 Å². The highest BCUT2D eigenvalue weighted by molar-refractivity contribution is 7.98. The van der Waals surface area contributed by atoms with E-state index in [9.17, 15) is 9.18 Å². The molecule has 0 saturated heterocycles. The number of para-hydroxylation sites is 1. The van der Waals surface area contributed by atoms with Gasteiger partial charge in [0.25, 0.3) is 5.91 Å². The normalized spacial score (nSPS) is 10.9. The smallest absolute Gasteiger partial charge is 0.275 e. The Bertz CT molecular complexity index is 1370. The topological polar surface area (TPSA) is 85.8 Å². The van der Waals surface area contributed by atoms with Gasteiger partial charge in [0.15, 0.2) is 10.9 Å². The SMILES string of the molecule is O=C(Nc1ccc(F)cc1)c1csc(CSc2nnc(-c3ccco3)n2-c2ccccc2)n1. The van der Waals surface area contributed by atoms with Crippen LogP contribution in [0.15, 0.2) is 87.9 Å². The Morgan fingerprint density at radius 3 is 2.64 bits per heavy atom. The minimum absolute atomic E-state index is 0.306. The average molecular weight is 478 g/mol. The van der Waals surface area contributed by atoms with Gasteiger partial charge in [-0.15, -0.1) is 21.5 Å². The van der Waals surface area contributed by atoms with Crippen molar-refractivity contribution in [2.24, 2.45) is 0 Å². The molecule has 33 heavy (non-hydrogen) atoms. The molecule has 1 N–H and O–H groups in total. The van der Waals surface area contributed by atoms with Crippen LogP contribution in [-0.2, 0) is 5.75 Å². The van der Waals surface area contributed by atoms with Crippen LogP contribution in [0.5, 0.6) is 0 Å². The predicted molar refractivity (Wildman–Crippen MR) is 125 cm³/mol. The fraction of sp³-hybridized carbons (Fsp3) is 0.0435. The number of hydrogen-bond acceptors (Lipinski definition) is 7. The van der Waals surface area contributed by atoms with Gasteiger partial charge >= 0.3 is 0 Å². The number of hydrogen-bond donors (Lipinski definition) is 1. The first-order chi connectivity index (χ1) is 16.2. The zero-order chi connectivity index (χ0) is 22.6. The van der Waals surface area contributed by atoms with Crippen molar-refractivity contribution in [3.8, 4) is 17.3 Å². The van der Waals surface area contributed by atoms with Gasteiger partial charge in [0.2, 0.25) is 5.82 Å². The van der Waals surface area contributed by atoms with Crippen molar-refractivity contribution < 1.29 is 13.6 Å². The summed E-state index contributed by atoms with van der Waals surface area (Å²) in [6, 6.07) is 19.0. The summed E-state index contributed by atoms with van der Waals surface area (Å²) in [6.07, 6.45) is 1.60. The summed E-state index contributed by atoms with van der Waals surface area (Å²) in [7, 11) is 0. The summed E-state index contributed by atoms with van der Waals surface area (Å²) >= 11 is 2.85. The number of benzene rings is 2. The lowest BCUT2D eigenvalue weighted by atomic mass is 10.3. The molecule has 7 nitrogen and oxygen atoms in total. The number of carbonyl (C=O) groups is 1. The first-order valence-corrected chi connectivity index (χ1v) is 11.7. The van der Waals surface area contributed by atoms with Gasteiger partial charge in [0.05, 0.1) is 12.0 Å². The first kappa shape index (κ1) is 21.1. The molecule has 164 valence electrons. The van der Waals surface area contributed by atoms with Crippen LogP contribution in [0.25, 0.3) is 17.3 Å². The molecule has 3 heterocycles. The molecule has 3 aromatic heterocycles. The van der Waals surface area contributed by atoms with E-state index in [4.69, 9.17) is 4.42 Å². The van der Waals surface area contributed by atoms with Crippen molar-refractivity contribution in [3.05, 3.63) is 94.9 Å². The van der Waals surface area contributed by atoms with Crippen molar-refractivity contribution in [2.45, 2.75) is 10.9 Å². The zero-order valence-corrected chi connectivity index (χ0v) is 18.6. The molecule has 0 fully saturated rings. The Morgan fingerprint density at radius 1 is 1.06 bits per heavy atom. The van der Waals surface area contributed by atoms with Crippen LogP contribution in [0.4, 0.5) is 10.1 Å². The van der Waals surface area contributed by atoms with E-state index in [1.807, 2.05) is 41.0 Å². The lowest BCUT2D eigenvalue weighted by Crippen LogP contribution is -2.12. The van der Waals surface area contributed by atoms with Crippen molar-refractivity contribution in [3.63, 3.8) is 0 Å². The van der Waals surface area contributed by atoms with Gasteiger partial charge in [-0.3, -0.25) is 9.36 Å². The Kier molecular flexibility index (Phi) is 6.01. The number of amides is 1. The van der Waals surface area contributed by atoms with Gasteiger partial charge in [-0.1, -0.05) is 30.0 Å². The van der Waals surface area contributed by atoms with Crippen LogP contribution < -0.4 is 5.32 Å². The van der Waals surface area contributed by atoms with Crippen LogP contribution in [-0.4, -0.2) is 25.7 Å². The van der Waals surface area contributed by atoms with Crippen LogP contribution in [0.2, 0.25) is 0 Å². The molecule has 2 aromatic carbocycles. The molecule has 0 unspecified atom stereocenters. The Labute approximate surface area is 196 Å². The summed E-state index contributed by atoms with van der Waals surface area (Å²) in [5.41, 5.74) is 1.72. The molecule has 0 aliphatic carbocycles. The summed E-state index contributed by atoms with van der Waals surface area (Å²) in [5, 5.41) is 14.5. The highest BCUT2D eigenvalue weighted by Gasteiger charge is 2.19. The third-order valence-electron chi connectivity index (χ3n) is 4.60. The molecule has 0 aliphatic heterocycles. The monoisotopic (exact) mass is 477 g/mol. The van der Waals surface area contributed by atoms with Gasteiger partial charge < -0.3 is 9.73 Å². The molecule has 1 amide bonds. The number of aromatic nitrogens is 4. The average Bonchev–Trinajstić information content (AvgIpc) is 3.60. The van der Waals surface area contributed by atoms with Crippen LogP contribution in [0.3, 0.4) is 0 Å². The molecule has 10 heteroatoms. The minimum atomic E-state index is -0.362. The number of halogens is 1. The van der Waals surface area contributed by atoms with Crippen molar-refractivity contribution >= 4 is 34.7 Å². The van der Waals surface area contributed by atoms with Gasteiger partial charge in [-0.05, 0) is 48.5 Å². The molecule has 0 aliphatic rings. The molecular weight excluding hydrogens is 461 g/mol. The van der Waals surface area contributed by atoms with Crippen LogP contribution >= 0.6 is 23.1 Å². The third-order valence-corrected chi connectivity index (χ3v) is 6.57. The highest BCUT2D eigenvalue weighted by Crippen LogP contribution is 2.30. The number of anilines is 1. The zero-order valence-electron chi connectivity index (χ0n) is 17.0. The van der Waals surface area contributed by atoms with Crippen LogP contribution in [0, 0.1) is 5.82 Å². The second kappa shape index (κ2) is 9.39. The molecule has 5 rings (SSSR count). The van der Waals surface area contributed by atoms with E-state index in [-0.39, 0.29) is 11.7 Å². The number of thioether (sulfide) groups is 1. The first-order valence-electron chi connectivity index (χ1n) is 9.86. The Hall–Kier alpha value is -3.76. The number of furan rings is 1. The molecule has 5 aromatic rings. The standard InChI is InChI=1S/C23H16FN5O2S2/c24-15-8-10-16(11-9-15)25-22(30)18-13-32-20(26-18)14-33-23-28-27-21(19-7-4-12-31-19)29(23)17-5-2-1-3-6-17/h1-13H,14H2,(H,25,30).